The molecule has 2 aromatic rings. The molecule has 0 aliphatic rings. The maximum Gasteiger partial charge on any atom is 0.234 e. The predicted molar refractivity (Wildman–Crippen MR) is 108 cm³/mol. The van der Waals surface area contributed by atoms with Crippen molar-refractivity contribution in [2.75, 3.05) is 27.3 Å². The number of aliphatic hydroxyl groups is 1. The zero-order chi connectivity index (χ0) is 20.7. The Morgan fingerprint density at radius 1 is 1.11 bits per heavy atom. The van der Waals surface area contributed by atoms with Crippen LogP contribution < -0.4 is 10.1 Å². The number of nitrogens with one attached hydrogen (secondary N) is 1. The highest BCUT2D eigenvalue weighted by atomic mass is 19.1. The lowest BCUT2D eigenvalue weighted by Gasteiger charge is -2.28. The molecular weight excluding hydrogens is 359 g/mol. The van der Waals surface area contributed by atoms with E-state index in [2.05, 4.69) is 5.32 Å². The lowest BCUT2D eigenvalue weighted by Crippen LogP contribution is -2.40. The van der Waals surface area contributed by atoms with Crippen LogP contribution in [0.2, 0.25) is 0 Å². The van der Waals surface area contributed by atoms with Crippen LogP contribution in [0.1, 0.15) is 37.1 Å². The molecule has 2 rings (SSSR count). The third-order valence-corrected chi connectivity index (χ3v) is 4.81. The molecule has 0 heterocycles. The van der Waals surface area contributed by atoms with Crippen molar-refractivity contribution >= 4 is 5.91 Å². The van der Waals surface area contributed by atoms with Crippen molar-refractivity contribution in [1.29, 1.82) is 0 Å². The van der Waals surface area contributed by atoms with Gasteiger partial charge in [-0.25, -0.2) is 4.39 Å². The molecule has 6 heteroatoms. The number of likely N-dealkylation sites (N-methyl/N-ethyl adjacent to an activating group) is 1. The van der Waals surface area contributed by atoms with Crippen LogP contribution in [0.25, 0.3) is 0 Å². The quantitative estimate of drug-likeness (QED) is 0.692. The smallest absolute Gasteiger partial charge is 0.234 e. The first kappa shape index (κ1) is 21.9. The number of hydrogen-bond donors (Lipinski definition) is 2. The predicted octanol–water partition coefficient (Wildman–Crippen LogP) is 3.31. The Hall–Kier alpha value is -2.44. The second-order valence-corrected chi connectivity index (χ2v) is 7.23. The van der Waals surface area contributed by atoms with E-state index in [0.717, 1.165) is 16.9 Å². The molecule has 0 aliphatic heterocycles. The molecule has 2 atom stereocenters. The summed E-state index contributed by atoms with van der Waals surface area (Å²) in [6.07, 6.45) is 0. The topological polar surface area (TPSA) is 61.8 Å². The summed E-state index contributed by atoms with van der Waals surface area (Å²) in [7, 11) is 3.40. The number of amides is 1. The lowest BCUT2D eigenvalue weighted by molar-refractivity contribution is -0.123. The highest BCUT2D eigenvalue weighted by molar-refractivity contribution is 5.78. The van der Waals surface area contributed by atoms with Gasteiger partial charge in [0.25, 0.3) is 0 Å². The van der Waals surface area contributed by atoms with Crippen LogP contribution in [-0.2, 0) is 4.79 Å². The molecule has 152 valence electrons. The molecule has 2 aromatic carbocycles. The van der Waals surface area contributed by atoms with Crippen molar-refractivity contribution < 1.29 is 19.0 Å². The molecule has 0 saturated carbocycles. The molecule has 0 spiro atoms. The van der Waals surface area contributed by atoms with E-state index < -0.39 is 0 Å². The van der Waals surface area contributed by atoms with Crippen LogP contribution in [0, 0.1) is 11.7 Å². The second kappa shape index (κ2) is 10.2. The molecule has 0 radical (unpaired) electrons. The Labute approximate surface area is 166 Å². The standard InChI is InChI=1S/C22H29FN2O3/c1-15(2)22(17-5-9-18(23)10-6-17)24-21(27)13-25(3)20(14-26)16-7-11-19(28-4)12-8-16/h5-12,15,20,22,26H,13-14H2,1-4H3,(H,24,27). The number of ether oxygens (including phenoxy) is 1. The maximum atomic E-state index is 13.2. The largest absolute Gasteiger partial charge is 0.497 e. The molecule has 28 heavy (non-hydrogen) atoms. The normalized spacial score (nSPS) is 13.4. The third kappa shape index (κ3) is 5.78. The number of halogens is 1. The van der Waals surface area contributed by atoms with Crippen molar-refractivity contribution in [3.8, 4) is 5.75 Å². The Kier molecular flexibility index (Phi) is 7.96. The summed E-state index contributed by atoms with van der Waals surface area (Å²) >= 11 is 0. The summed E-state index contributed by atoms with van der Waals surface area (Å²) in [6, 6.07) is 13.1. The molecular formula is C22H29FN2O3. The van der Waals surface area contributed by atoms with Crippen molar-refractivity contribution in [3.05, 3.63) is 65.5 Å². The van der Waals surface area contributed by atoms with Gasteiger partial charge in [0.2, 0.25) is 5.91 Å². The molecule has 0 saturated heterocycles. The number of hydrogen-bond acceptors (Lipinski definition) is 4. The van der Waals surface area contributed by atoms with Crippen LogP contribution in [0.4, 0.5) is 4.39 Å². The summed E-state index contributed by atoms with van der Waals surface area (Å²) in [6.45, 7) is 4.03. The van der Waals surface area contributed by atoms with E-state index in [9.17, 15) is 14.3 Å². The summed E-state index contributed by atoms with van der Waals surface area (Å²) in [4.78, 5) is 14.4. The fourth-order valence-corrected chi connectivity index (χ4v) is 3.19. The Bertz CT molecular complexity index is 747. The van der Waals surface area contributed by atoms with Gasteiger partial charge in [0.05, 0.1) is 32.3 Å². The Balaban J connectivity index is 2.04. The van der Waals surface area contributed by atoms with Crippen molar-refractivity contribution in [2.24, 2.45) is 5.92 Å². The average Bonchev–Trinajstić information content (AvgIpc) is 2.68. The summed E-state index contributed by atoms with van der Waals surface area (Å²) in [5, 5.41) is 12.9. The summed E-state index contributed by atoms with van der Waals surface area (Å²) in [5.41, 5.74) is 1.76. The molecule has 2 unspecified atom stereocenters. The van der Waals surface area contributed by atoms with E-state index in [4.69, 9.17) is 4.74 Å². The van der Waals surface area contributed by atoms with Gasteiger partial charge in [-0.05, 0) is 48.4 Å². The molecule has 0 bridgehead atoms. The number of methoxy groups -OCH3 is 1. The number of benzene rings is 2. The minimum absolute atomic E-state index is 0.109. The van der Waals surface area contributed by atoms with Gasteiger partial charge in [0.1, 0.15) is 11.6 Å². The van der Waals surface area contributed by atoms with Gasteiger partial charge in [-0.1, -0.05) is 38.1 Å². The van der Waals surface area contributed by atoms with E-state index in [1.165, 1.54) is 12.1 Å². The molecule has 0 fully saturated rings. The number of rotatable bonds is 9. The van der Waals surface area contributed by atoms with Gasteiger partial charge in [0, 0.05) is 0 Å². The van der Waals surface area contributed by atoms with Crippen LogP contribution in [-0.4, -0.2) is 43.2 Å². The van der Waals surface area contributed by atoms with E-state index in [1.807, 2.05) is 38.1 Å². The van der Waals surface area contributed by atoms with E-state index >= 15 is 0 Å². The summed E-state index contributed by atoms with van der Waals surface area (Å²) < 4.78 is 18.4. The minimum Gasteiger partial charge on any atom is -0.497 e. The third-order valence-electron chi connectivity index (χ3n) is 4.81. The highest BCUT2D eigenvalue weighted by Gasteiger charge is 2.22. The first-order chi connectivity index (χ1) is 13.3. The van der Waals surface area contributed by atoms with Gasteiger partial charge in [0.15, 0.2) is 0 Å². The number of nitrogens with zero attached hydrogens (tertiary/aromatic N) is 1. The summed E-state index contributed by atoms with van der Waals surface area (Å²) in [5.74, 6) is 0.426. The number of aliphatic hydroxyl groups excluding tert-OH is 1. The van der Waals surface area contributed by atoms with E-state index in [-0.39, 0.29) is 42.9 Å². The Morgan fingerprint density at radius 3 is 2.18 bits per heavy atom. The average molecular weight is 388 g/mol. The zero-order valence-electron chi connectivity index (χ0n) is 16.9. The maximum absolute atomic E-state index is 13.2. The highest BCUT2D eigenvalue weighted by Crippen LogP contribution is 2.24. The van der Waals surface area contributed by atoms with Crippen molar-refractivity contribution in [1.82, 2.24) is 10.2 Å². The monoisotopic (exact) mass is 388 g/mol. The van der Waals surface area contributed by atoms with Crippen LogP contribution in [0.3, 0.4) is 0 Å². The van der Waals surface area contributed by atoms with Gasteiger partial charge >= 0.3 is 0 Å². The van der Waals surface area contributed by atoms with Crippen LogP contribution in [0.15, 0.2) is 48.5 Å². The molecule has 1 amide bonds. The first-order valence-corrected chi connectivity index (χ1v) is 9.35. The van der Waals surface area contributed by atoms with Crippen molar-refractivity contribution in [2.45, 2.75) is 25.9 Å². The fourth-order valence-electron chi connectivity index (χ4n) is 3.19. The van der Waals surface area contributed by atoms with Gasteiger partial charge < -0.3 is 15.2 Å². The zero-order valence-corrected chi connectivity index (χ0v) is 16.9. The van der Waals surface area contributed by atoms with Crippen LogP contribution >= 0.6 is 0 Å². The minimum atomic E-state index is -0.306. The van der Waals surface area contributed by atoms with Crippen molar-refractivity contribution in [3.63, 3.8) is 0 Å². The fraction of sp³-hybridized carbons (Fsp3) is 0.409. The van der Waals surface area contributed by atoms with Crippen LogP contribution in [0.5, 0.6) is 5.75 Å². The molecule has 2 N–H and O–H groups in total. The van der Waals surface area contributed by atoms with E-state index in [1.54, 1.807) is 31.2 Å². The molecule has 0 aliphatic carbocycles. The first-order valence-electron chi connectivity index (χ1n) is 9.35. The SMILES string of the molecule is COc1ccc(C(CO)N(C)CC(=O)NC(c2ccc(F)cc2)C(C)C)cc1. The molecule has 5 nitrogen and oxygen atoms in total. The van der Waals surface area contributed by atoms with Gasteiger partial charge in [-0.3, -0.25) is 9.69 Å². The second-order valence-electron chi connectivity index (χ2n) is 7.23. The van der Waals surface area contributed by atoms with Gasteiger partial charge in [-0.2, -0.15) is 0 Å². The molecule has 0 aromatic heterocycles. The van der Waals surface area contributed by atoms with E-state index in [0.29, 0.717) is 0 Å². The Morgan fingerprint density at radius 2 is 1.68 bits per heavy atom. The number of carbonyl (C=O) groups excluding carboxylic acids is 1. The number of carbonyl (C=O) groups is 1. The lowest BCUT2D eigenvalue weighted by atomic mass is 9.96. The van der Waals surface area contributed by atoms with Gasteiger partial charge in [-0.15, -0.1) is 0 Å².